The molecule has 0 aromatic heterocycles. The molecule has 24 heavy (non-hydrogen) atoms. The molecule has 6 heteroatoms. The number of quaternary nitrogens is 1. The zero-order chi connectivity index (χ0) is 18.0. The van der Waals surface area contributed by atoms with Crippen molar-refractivity contribution in [2.75, 3.05) is 32.5 Å². The lowest BCUT2D eigenvalue weighted by molar-refractivity contribution is -0.780. The number of anilines is 1. The molecule has 0 bridgehead atoms. The first-order valence-corrected chi connectivity index (χ1v) is 9.10. The number of primary amides is 1. The van der Waals surface area contributed by atoms with Crippen molar-refractivity contribution in [2.24, 2.45) is 11.5 Å². The molecule has 5 N–H and O–H groups in total. The molecule has 132 valence electrons. The molecule has 1 aromatic carbocycles. The fourth-order valence-corrected chi connectivity index (χ4v) is 3.97. The van der Waals surface area contributed by atoms with Crippen LogP contribution in [-0.4, -0.2) is 42.5 Å². The minimum atomic E-state index is -0.835. The molecule has 1 aliphatic rings. The third-order valence-electron chi connectivity index (χ3n) is 4.98. The van der Waals surface area contributed by atoms with Gasteiger partial charge in [0.15, 0.2) is 0 Å². The molecule has 1 aromatic rings. The number of nitrogens with one attached hydrogen (secondary N) is 1. The van der Waals surface area contributed by atoms with Crippen molar-refractivity contribution in [3.05, 3.63) is 34.2 Å². The van der Waals surface area contributed by atoms with Crippen LogP contribution in [0.5, 0.6) is 0 Å². The highest BCUT2D eigenvalue weighted by Gasteiger charge is 2.42. The van der Waals surface area contributed by atoms with Gasteiger partial charge in [-0.1, -0.05) is 0 Å². The van der Waals surface area contributed by atoms with Gasteiger partial charge in [-0.25, -0.2) is 0 Å². The van der Waals surface area contributed by atoms with Crippen LogP contribution in [0.25, 0.3) is 6.08 Å². The van der Waals surface area contributed by atoms with Gasteiger partial charge in [0.25, 0.3) is 0 Å². The van der Waals surface area contributed by atoms with E-state index in [2.05, 4.69) is 49.8 Å². The zero-order valence-corrected chi connectivity index (χ0v) is 15.9. The summed E-state index contributed by atoms with van der Waals surface area (Å²) in [4.78, 5) is 11.5. The molecular formula is C18H29N4OS+. The molecule has 2 rings (SSSR count). The fraction of sp³-hybridized carbons (Fsp3) is 0.500. The maximum Gasteiger partial charge on any atom is 0.237 e. The van der Waals surface area contributed by atoms with Crippen molar-refractivity contribution in [1.29, 1.82) is 0 Å². The molecule has 5 nitrogen and oxygen atoms in total. The lowest BCUT2D eigenvalue weighted by Crippen LogP contribution is -2.60. The lowest BCUT2D eigenvalue weighted by atomic mass is 9.88. The predicted molar refractivity (Wildman–Crippen MR) is 103 cm³/mol. The van der Waals surface area contributed by atoms with E-state index in [1.807, 2.05) is 7.05 Å². The number of carbonyl (C=O) groups is 1. The van der Waals surface area contributed by atoms with Gasteiger partial charge < -0.3 is 16.8 Å². The summed E-state index contributed by atoms with van der Waals surface area (Å²) < 4.78 is 0.815. The van der Waals surface area contributed by atoms with Gasteiger partial charge in [0, 0.05) is 31.0 Å². The Balaban J connectivity index is 2.04. The van der Waals surface area contributed by atoms with E-state index >= 15 is 0 Å². The number of piperidine rings is 1. The Labute approximate surface area is 149 Å². The number of nitrogens with zero attached hydrogens (tertiary/aromatic N) is 1. The highest BCUT2D eigenvalue weighted by atomic mass is 32.2. The summed E-state index contributed by atoms with van der Waals surface area (Å²) in [6.45, 7) is 5.94. The largest absolute Gasteiger partial charge is 0.388 e. The van der Waals surface area contributed by atoms with E-state index in [1.165, 1.54) is 16.7 Å². The van der Waals surface area contributed by atoms with Gasteiger partial charge in [0.2, 0.25) is 5.91 Å². The van der Waals surface area contributed by atoms with Gasteiger partial charge in [-0.2, -0.15) is 0 Å². The molecule has 0 aliphatic carbocycles. The number of nitrogens with two attached hydrogens (primary N) is 2. The summed E-state index contributed by atoms with van der Waals surface area (Å²) in [7, 11) is 4.12. The summed E-state index contributed by atoms with van der Waals surface area (Å²) >= 11 is 1.77. The van der Waals surface area contributed by atoms with E-state index in [0.717, 1.165) is 22.7 Å². The first kappa shape index (κ1) is 18.8. The Kier molecular flexibility index (Phi) is 5.63. The van der Waals surface area contributed by atoms with Crippen molar-refractivity contribution in [3.8, 4) is 0 Å². The zero-order valence-electron chi connectivity index (χ0n) is 15.1. The number of hydrogen-bond acceptors (Lipinski definition) is 4. The molecule has 0 spiro atoms. The van der Waals surface area contributed by atoms with Crippen LogP contribution in [0.4, 0.5) is 5.69 Å². The van der Waals surface area contributed by atoms with Gasteiger partial charge in [0.1, 0.15) is 17.5 Å². The van der Waals surface area contributed by atoms with Crippen LogP contribution in [0, 0.1) is 13.8 Å². The molecule has 1 fully saturated rings. The first-order chi connectivity index (χ1) is 11.2. The summed E-state index contributed by atoms with van der Waals surface area (Å²) in [6.07, 6.45) is 3.44. The molecule has 0 unspecified atom stereocenters. The van der Waals surface area contributed by atoms with Crippen LogP contribution >= 0.6 is 11.9 Å². The predicted octanol–water partition coefficient (Wildman–Crippen LogP) is 2.39. The van der Waals surface area contributed by atoms with Crippen LogP contribution in [0.3, 0.4) is 0 Å². The first-order valence-electron chi connectivity index (χ1n) is 8.26. The summed E-state index contributed by atoms with van der Waals surface area (Å²) in [5, 5.41) is 5.34. The molecule has 1 heterocycles. The Bertz CT molecular complexity index is 625. The molecule has 1 saturated heterocycles. The van der Waals surface area contributed by atoms with E-state index in [-0.39, 0.29) is 5.91 Å². The van der Waals surface area contributed by atoms with Gasteiger partial charge in [-0.05, 0) is 48.7 Å². The lowest BCUT2D eigenvalue weighted by Gasteiger charge is -2.40. The summed E-state index contributed by atoms with van der Waals surface area (Å²) in [5.41, 5.74) is 15.6. The van der Waals surface area contributed by atoms with Crippen LogP contribution in [0.2, 0.25) is 0 Å². The topological polar surface area (TPSA) is 81.1 Å². The fourth-order valence-electron chi connectivity index (χ4n) is 3.09. The van der Waals surface area contributed by atoms with E-state index in [9.17, 15) is 4.79 Å². The SMILES string of the molecule is CNc1cc(C)c(/C=C/S[N+]2(C)CCC(N)(C(N)=O)CC2)c(C)c1. The number of hydrogen-bond donors (Lipinski definition) is 3. The second kappa shape index (κ2) is 7.17. The summed E-state index contributed by atoms with van der Waals surface area (Å²) in [6, 6.07) is 4.31. The second-order valence-corrected chi connectivity index (χ2v) is 8.31. The van der Waals surface area contributed by atoms with Crippen LogP contribution in [0.15, 0.2) is 17.5 Å². The van der Waals surface area contributed by atoms with Crippen molar-refractivity contribution in [1.82, 2.24) is 0 Å². The molecule has 1 aliphatic heterocycles. The third-order valence-corrected chi connectivity index (χ3v) is 6.12. The van der Waals surface area contributed by atoms with Gasteiger partial charge in [-0.3, -0.25) is 8.68 Å². The molecule has 0 saturated carbocycles. The third kappa shape index (κ3) is 4.12. The Morgan fingerprint density at radius 2 is 1.83 bits per heavy atom. The van der Waals surface area contributed by atoms with E-state index in [1.54, 1.807) is 11.9 Å². The number of likely N-dealkylation sites (tertiary alicyclic amines) is 1. The van der Waals surface area contributed by atoms with Gasteiger partial charge >= 0.3 is 0 Å². The van der Waals surface area contributed by atoms with Crippen molar-refractivity contribution in [2.45, 2.75) is 32.2 Å². The molecular weight excluding hydrogens is 320 g/mol. The van der Waals surface area contributed by atoms with Crippen LogP contribution in [-0.2, 0) is 4.79 Å². The van der Waals surface area contributed by atoms with Gasteiger partial charge in [-0.15, -0.1) is 0 Å². The Hall–Kier alpha value is -1.50. The van der Waals surface area contributed by atoms with Crippen LogP contribution in [0.1, 0.15) is 29.5 Å². The monoisotopic (exact) mass is 349 g/mol. The minimum Gasteiger partial charge on any atom is -0.388 e. The van der Waals surface area contributed by atoms with Crippen LogP contribution < -0.4 is 16.8 Å². The minimum absolute atomic E-state index is 0.384. The number of rotatable bonds is 5. The Morgan fingerprint density at radius 3 is 2.29 bits per heavy atom. The smallest absolute Gasteiger partial charge is 0.237 e. The van der Waals surface area contributed by atoms with Crippen molar-refractivity contribution >= 4 is 29.6 Å². The molecule has 0 radical (unpaired) electrons. The van der Waals surface area contributed by atoms with Crippen molar-refractivity contribution < 1.29 is 8.68 Å². The normalized spacial score (nSPS) is 27.4. The Morgan fingerprint density at radius 1 is 1.29 bits per heavy atom. The standard InChI is InChI=1S/C18H28N4OS/c1-13-11-15(21-3)12-14(2)16(13)5-10-24-22(4)8-6-18(20,7-9-22)17(19)23/h5,10-12,21H,6-9,20H2,1-4H3,(H-,19,23)/p+1/b10-5+. The molecule has 0 atom stereocenters. The number of carbonyl (C=O) groups excluding carboxylic acids is 1. The molecule has 1 amide bonds. The second-order valence-electron chi connectivity index (χ2n) is 6.95. The highest BCUT2D eigenvalue weighted by molar-refractivity contribution is 7.96. The maximum absolute atomic E-state index is 11.5. The van der Waals surface area contributed by atoms with E-state index in [4.69, 9.17) is 11.5 Å². The van der Waals surface area contributed by atoms with Crippen molar-refractivity contribution in [3.63, 3.8) is 0 Å². The summed E-state index contributed by atoms with van der Waals surface area (Å²) in [5.74, 6) is -0.384. The van der Waals surface area contributed by atoms with Gasteiger partial charge in [0.05, 0.1) is 20.1 Å². The number of benzene rings is 1. The highest BCUT2D eigenvalue weighted by Crippen LogP contribution is 2.32. The maximum atomic E-state index is 11.5. The van der Waals surface area contributed by atoms with E-state index < -0.39 is 5.54 Å². The quantitative estimate of drug-likeness (QED) is 0.563. The average Bonchev–Trinajstić information content (AvgIpc) is 2.53. The number of amides is 1. The average molecular weight is 350 g/mol. The van der Waals surface area contributed by atoms with E-state index in [0.29, 0.717) is 12.8 Å². The number of aryl methyl sites for hydroxylation is 2.